The van der Waals surface area contributed by atoms with E-state index in [0.29, 0.717) is 24.2 Å². The van der Waals surface area contributed by atoms with Crippen molar-refractivity contribution in [3.05, 3.63) is 35.4 Å². The Morgan fingerprint density at radius 2 is 1.95 bits per heavy atom. The second-order valence-electron chi connectivity index (χ2n) is 6.04. The smallest absolute Gasteiger partial charge is 0.253 e. The number of primary sulfonamides is 1. The minimum Gasteiger partial charge on any atom is -0.341 e. The van der Waals surface area contributed by atoms with Crippen LogP contribution in [0.25, 0.3) is 0 Å². The van der Waals surface area contributed by atoms with Crippen molar-refractivity contribution in [2.45, 2.75) is 19.6 Å². The van der Waals surface area contributed by atoms with Crippen LogP contribution < -0.4 is 10.9 Å². The lowest BCUT2D eigenvalue weighted by molar-refractivity contribution is 0.0740. The number of amides is 1. The average Bonchev–Trinajstić information content (AvgIpc) is 2.35. The number of hydrogen-bond acceptors (Lipinski definition) is 4. The van der Waals surface area contributed by atoms with Crippen LogP contribution in [0.4, 0.5) is 0 Å². The van der Waals surface area contributed by atoms with Gasteiger partial charge in [-0.1, -0.05) is 26.0 Å². The molecule has 1 rings (SSSR count). The lowest BCUT2D eigenvalue weighted by Gasteiger charge is -2.29. The van der Waals surface area contributed by atoms with Gasteiger partial charge < -0.3 is 10.6 Å². The maximum atomic E-state index is 12.4. The molecule has 0 aliphatic heterocycles. The Morgan fingerprint density at radius 3 is 2.48 bits per heavy atom. The first-order valence-electron chi connectivity index (χ1n) is 6.59. The van der Waals surface area contributed by atoms with Gasteiger partial charge in [-0.3, -0.25) is 4.79 Å². The molecule has 0 atom stereocenters. The van der Waals surface area contributed by atoms with Gasteiger partial charge in [0.25, 0.3) is 5.91 Å². The molecule has 1 aromatic carbocycles. The average molecular weight is 313 g/mol. The van der Waals surface area contributed by atoms with Crippen LogP contribution in [0.15, 0.2) is 24.3 Å². The molecule has 0 fully saturated rings. The fourth-order valence-electron chi connectivity index (χ4n) is 2.03. The predicted octanol–water partition coefficient (Wildman–Crippen LogP) is 0.532. The zero-order valence-corrected chi connectivity index (χ0v) is 13.5. The second kappa shape index (κ2) is 6.55. The van der Waals surface area contributed by atoms with E-state index in [1.54, 1.807) is 36.2 Å². The fraction of sp³-hybridized carbons (Fsp3) is 0.500. The first-order valence-corrected chi connectivity index (χ1v) is 8.30. The highest BCUT2D eigenvalue weighted by atomic mass is 32.2. The predicted molar refractivity (Wildman–Crippen MR) is 83.0 cm³/mol. The molecule has 6 nitrogen and oxygen atoms in total. The van der Waals surface area contributed by atoms with E-state index in [1.807, 2.05) is 13.8 Å². The summed E-state index contributed by atoms with van der Waals surface area (Å²) < 4.78 is 22.2. The molecule has 0 bridgehead atoms. The van der Waals surface area contributed by atoms with Gasteiger partial charge >= 0.3 is 0 Å². The molecule has 0 saturated heterocycles. The summed E-state index contributed by atoms with van der Waals surface area (Å²) in [5.74, 6) is -0.459. The third-order valence-corrected chi connectivity index (χ3v) is 3.84. The number of nitrogens with two attached hydrogens (primary N) is 2. The van der Waals surface area contributed by atoms with E-state index in [2.05, 4.69) is 0 Å². The number of hydrogen-bond donors (Lipinski definition) is 2. The van der Waals surface area contributed by atoms with Crippen molar-refractivity contribution in [2.75, 3.05) is 20.1 Å². The normalized spacial score (nSPS) is 12.2. The van der Waals surface area contributed by atoms with Gasteiger partial charge in [0.2, 0.25) is 10.0 Å². The number of rotatable bonds is 6. The van der Waals surface area contributed by atoms with E-state index in [9.17, 15) is 13.2 Å². The highest BCUT2D eigenvalue weighted by molar-refractivity contribution is 7.88. The van der Waals surface area contributed by atoms with Crippen molar-refractivity contribution < 1.29 is 13.2 Å². The molecule has 4 N–H and O–H groups in total. The molecule has 0 unspecified atom stereocenters. The van der Waals surface area contributed by atoms with Crippen molar-refractivity contribution in [1.82, 2.24) is 4.90 Å². The number of carbonyl (C=O) groups excluding carboxylic acids is 1. The summed E-state index contributed by atoms with van der Waals surface area (Å²) in [5.41, 5.74) is 6.42. The summed E-state index contributed by atoms with van der Waals surface area (Å²) in [6.45, 7) is 4.94. The van der Waals surface area contributed by atoms with Crippen molar-refractivity contribution in [1.29, 1.82) is 0 Å². The van der Waals surface area contributed by atoms with Crippen molar-refractivity contribution in [3.8, 4) is 0 Å². The molecule has 0 aliphatic rings. The van der Waals surface area contributed by atoms with Gasteiger partial charge in [0.15, 0.2) is 0 Å². The van der Waals surface area contributed by atoms with Gasteiger partial charge in [0, 0.05) is 19.2 Å². The highest BCUT2D eigenvalue weighted by Crippen LogP contribution is 2.16. The van der Waals surface area contributed by atoms with Crippen LogP contribution in [0.5, 0.6) is 0 Å². The molecule has 0 radical (unpaired) electrons. The van der Waals surface area contributed by atoms with Crippen molar-refractivity contribution in [2.24, 2.45) is 16.3 Å². The molecule has 0 spiro atoms. The molecule has 0 saturated carbocycles. The Kier molecular flexibility index (Phi) is 5.49. The largest absolute Gasteiger partial charge is 0.341 e. The molecule has 1 amide bonds. The summed E-state index contributed by atoms with van der Waals surface area (Å²) in [6.07, 6.45) is 0. The Bertz CT molecular complexity index is 612. The first kappa shape index (κ1) is 17.6. The van der Waals surface area contributed by atoms with Crippen molar-refractivity contribution in [3.63, 3.8) is 0 Å². The Labute approximate surface area is 126 Å². The van der Waals surface area contributed by atoms with Crippen molar-refractivity contribution >= 4 is 15.9 Å². The minimum absolute atomic E-state index is 0.173. The van der Waals surface area contributed by atoms with Crippen LogP contribution >= 0.6 is 0 Å². The van der Waals surface area contributed by atoms with E-state index >= 15 is 0 Å². The first-order chi connectivity index (χ1) is 9.54. The third-order valence-electron chi connectivity index (χ3n) is 3.11. The molecule has 0 aromatic heterocycles. The van der Waals surface area contributed by atoms with Crippen LogP contribution in [-0.2, 0) is 15.8 Å². The van der Waals surface area contributed by atoms with Gasteiger partial charge in [0.05, 0.1) is 5.75 Å². The highest BCUT2D eigenvalue weighted by Gasteiger charge is 2.22. The van der Waals surface area contributed by atoms with E-state index in [1.165, 1.54) is 0 Å². The van der Waals surface area contributed by atoms with E-state index in [-0.39, 0.29) is 17.1 Å². The summed E-state index contributed by atoms with van der Waals surface area (Å²) >= 11 is 0. The zero-order chi connectivity index (χ0) is 16.3. The summed E-state index contributed by atoms with van der Waals surface area (Å²) in [6, 6.07) is 6.49. The summed E-state index contributed by atoms with van der Waals surface area (Å²) in [7, 11) is -1.91. The molecular formula is C14H23N3O3S. The van der Waals surface area contributed by atoms with E-state index in [4.69, 9.17) is 10.9 Å². The fourth-order valence-corrected chi connectivity index (χ4v) is 2.67. The lowest BCUT2D eigenvalue weighted by atomic mass is 9.93. The molecule has 0 heterocycles. The van der Waals surface area contributed by atoms with E-state index in [0.717, 1.165) is 0 Å². The standard InChI is InChI=1S/C14H23N3O3S/c1-14(2,9-15)10-17(3)13(18)12-6-4-5-11(7-12)8-21(16,19)20/h4-7H,8-10,15H2,1-3H3,(H2,16,19,20). The van der Waals surface area contributed by atoms with Crippen LogP contribution in [0.2, 0.25) is 0 Å². The van der Waals surface area contributed by atoms with Gasteiger partial charge in [-0.15, -0.1) is 0 Å². The number of carbonyl (C=O) groups is 1. The van der Waals surface area contributed by atoms with Gasteiger partial charge in [-0.25, -0.2) is 13.6 Å². The van der Waals surface area contributed by atoms with Crippen LogP contribution in [0.1, 0.15) is 29.8 Å². The lowest BCUT2D eigenvalue weighted by Crippen LogP contribution is -2.39. The number of nitrogens with zero attached hydrogens (tertiary/aromatic N) is 1. The second-order valence-corrected chi connectivity index (χ2v) is 7.65. The number of sulfonamides is 1. The molecular weight excluding hydrogens is 290 g/mol. The molecule has 7 heteroatoms. The topological polar surface area (TPSA) is 106 Å². The summed E-state index contributed by atoms with van der Waals surface area (Å²) in [5, 5.41) is 5.02. The Morgan fingerprint density at radius 1 is 1.33 bits per heavy atom. The quantitative estimate of drug-likeness (QED) is 0.799. The Balaban J connectivity index is 2.90. The van der Waals surface area contributed by atoms with E-state index < -0.39 is 10.0 Å². The molecule has 21 heavy (non-hydrogen) atoms. The molecule has 0 aliphatic carbocycles. The van der Waals surface area contributed by atoms with Crippen LogP contribution in [-0.4, -0.2) is 39.4 Å². The van der Waals surface area contributed by atoms with Gasteiger partial charge in [-0.05, 0) is 29.7 Å². The number of benzene rings is 1. The molecule has 1 aromatic rings. The monoisotopic (exact) mass is 313 g/mol. The van der Waals surface area contributed by atoms with Crippen LogP contribution in [0, 0.1) is 5.41 Å². The third kappa shape index (κ3) is 5.82. The SMILES string of the molecule is CN(CC(C)(C)CN)C(=O)c1cccc(CS(N)(=O)=O)c1. The maximum Gasteiger partial charge on any atom is 0.253 e. The van der Waals surface area contributed by atoms with Gasteiger partial charge in [0.1, 0.15) is 0 Å². The maximum absolute atomic E-state index is 12.4. The Hall–Kier alpha value is -1.44. The summed E-state index contributed by atoms with van der Waals surface area (Å²) in [4.78, 5) is 13.9. The zero-order valence-electron chi connectivity index (χ0n) is 12.7. The minimum atomic E-state index is -3.61. The molecule has 118 valence electrons. The van der Waals surface area contributed by atoms with Gasteiger partial charge in [-0.2, -0.15) is 0 Å². The van der Waals surface area contributed by atoms with Crippen LogP contribution in [0.3, 0.4) is 0 Å².